The van der Waals surface area contributed by atoms with Gasteiger partial charge in [0.15, 0.2) is 0 Å². The van der Waals surface area contributed by atoms with Crippen LogP contribution in [0.1, 0.15) is 29.8 Å². The maximum Gasteiger partial charge on any atom is 0.246 e. The standard InChI is InChI=1S/C18H20N2OS/c1-14-16(10-11-17(21)20-12-6-3-7-13-20)22-18(19-14)15-8-4-2-5-9-15/h2,4-5,8-11H,3,6-7,12-13H2,1H3/b11-10+. The Morgan fingerprint density at radius 3 is 2.64 bits per heavy atom. The monoisotopic (exact) mass is 312 g/mol. The Bertz CT molecular complexity index is 670. The maximum atomic E-state index is 12.2. The summed E-state index contributed by atoms with van der Waals surface area (Å²) in [6.45, 7) is 3.77. The smallest absolute Gasteiger partial charge is 0.246 e. The van der Waals surface area contributed by atoms with Gasteiger partial charge in [-0.1, -0.05) is 30.3 Å². The fourth-order valence-corrected chi connectivity index (χ4v) is 3.61. The Balaban J connectivity index is 1.74. The minimum absolute atomic E-state index is 0.119. The number of piperidine rings is 1. The predicted octanol–water partition coefficient (Wildman–Crippen LogP) is 4.14. The van der Waals surface area contributed by atoms with Crippen molar-refractivity contribution in [2.45, 2.75) is 26.2 Å². The molecule has 0 saturated carbocycles. The molecule has 2 heterocycles. The van der Waals surface area contributed by atoms with Gasteiger partial charge in [0.1, 0.15) is 5.01 Å². The molecule has 0 bridgehead atoms. The molecule has 0 atom stereocenters. The number of benzene rings is 1. The van der Waals surface area contributed by atoms with E-state index in [1.807, 2.05) is 36.1 Å². The molecule has 2 aromatic rings. The van der Waals surface area contributed by atoms with Crippen LogP contribution < -0.4 is 0 Å². The quantitative estimate of drug-likeness (QED) is 0.798. The van der Waals surface area contributed by atoms with E-state index in [1.54, 1.807) is 17.4 Å². The van der Waals surface area contributed by atoms with Crippen LogP contribution in [0.15, 0.2) is 36.4 Å². The van der Waals surface area contributed by atoms with E-state index in [0.717, 1.165) is 47.1 Å². The lowest BCUT2D eigenvalue weighted by Gasteiger charge is -2.25. The van der Waals surface area contributed by atoms with Gasteiger partial charge in [-0.15, -0.1) is 11.3 Å². The lowest BCUT2D eigenvalue weighted by Crippen LogP contribution is -2.34. The van der Waals surface area contributed by atoms with Gasteiger partial charge >= 0.3 is 0 Å². The first-order valence-electron chi connectivity index (χ1n) is 7.74. The highest BCUT2D eigenvalue weighted by molar-refractivity contribution is 7.16. The van der Waals surface area contributed by atoms with Gasteiger partial charge < -0.3 is 4.90 Å². The van der Waals surface area contributed by atoms with E-state index in [2.05, 4.69) is 17.1 Å². The number of rotatable bonds is 3. The van der Waals surface area contributed by atoms with Crippen molar-refractivity contribution in [1.82, 2.24) is 9.88 Å². The first-order chi connectivity index (χ1) is 10.7. The number of aryl methyl sites for hydroxylation is 1. The van der Waals surface area contributed by atoms with E-state index in [-0.39, 0.29) is 5.91 Å². The molecule has 1 amide bonds. The van der Waals surface area contributed by atoms with Gasteiger partial charge in [-0.2, -0.15) is 0 Å². The molecule has 0 radical (unpaired) electrons. The summed E-state index contributed by atoms with van der Waals surface area (Å²) in [5.41, 5.74) is 2.10. The molecule has 1 aliphatic rings. The number of carbonyl (C=O) groups excluding carboxylic acids is 1. The summed E-state index contributed by atoms with van der Waals surface area (Å²) in [6.07, 6.45) is 7.09. The van der Waals surface area contributed by atoms with Crippen molar-refractivity contribution in [3.8, 4) is 10.6 Å². The van der Waals surface area contributed by atoms with E-state index in [4.69, 9.17) is 0 Å². The molecule has 1 saturated heterocycles. The molecule has 22 heavy (non-hydrogen) atoms. The summed E-state index contributed by atoms with van der Waals surface area (Å²) in [4.78, 5) is 19.8. The zero-order valence-corrected chi connectivity index (χ0v) is 13.6. The zero-order valence-electron chi connectivity index (χ0n) is 12.8. The lowest BCUT2D eigenvalue weighted by molar-refractivity contribution is -0.126. The van der Waals surface area contributed by atoms with Crippen molar-refractivity contribution < 1.29 is 4.79 Å². The van der Waals surface area contributed by atoms with E-state index < -0.39 is 0 Å². The third kappa shape index (κ3) is 3.45. The molecule has 1 fully saturated rings. The molecule has 1 aromatic carbocycles. The summed E-state index contributed by atoms with van der Waals surface area (Å²) in [7, 11) is 0. The minimum Gasteiger partial charge on any atom is -0.339 e. The largest absolute Gasteiger partial charge is 0.339 e. The second-order valence-electron chi connectivity index (χ2n) is 5.55. The third-order valence-electron chi connectivity index (χ3n) is 3.90. The molecule has 0 unspecified atom stereocenters. The Hall–Kier alpha value is -1.94. The summed E-state index contributed by atoms with van der Waals surface area (Å²) in [6, 6.07) is 10.2. The Labute approximate surface area is 135 Å². The Morgan fingerprint density at radius 2 is 1.91 bits per heavy atom. The summed E-state index contributed by atoms with van der Waals surface area (Å²) < 4.78 is 0. The maximum absolute atomic E-state index is 12.2. The van der Waals surface area contributed by atoms with Crippen LogP contribution >= 0.6 is 11.3 Å². The molecular weight excluding hydrogens is 292 g/mol. The molecule has 3 nitrogen and oxygen atoms in total. The topological polar surface area (TPSA) is 33.2 Å². The van der Waals surface area contributed by atoms with Crippen LogP contribution in [0.3, 0.4) is 0 Å². The van der Waals surface area contributed by atoms with Crippen LogP contribution in [0.4, 0.5) is 0 Å². The van der Waals surface area contributed by atoms with E-state index in [1.165, 1.54) is 6.42 Å². The van der Waals surface area contributed by atoms with Gasteiger partial charge in [0.05, 0.1) is 10.6 Å². The van der Waals surface area contributed by atoms with Gasteiger partial charge in [-0.25, -0.2) is 4.98 Å². The van der Waals surface area contributed by atoms with Crippen LogP contribution in [0.2, 0.25) is 0 Å². The van der Waals surface area contributed by atoms with Gasteiger partial charge in [-0.3, -0.25) is 4.79 Å². The van der Waals surface area contributed by atoms with Crippen LogP contribution in [0.25, 0.3) is 16.6 Å². The van der Waals surface area contributed by atoms with Crippen molar-refractivity contribution >= 4 is 23.3 Å². The van der Waals surface area contributed by atoms with Crippen LogP contribution in [-0.2, 0) is 4.79 Å². The first-order valence-corrected chi connectivity index (χ1v) is 8.55. The van der Waals surface area contributed by atoms with Crippen molar-refractivity contribution in [1.29, 1.82) is 0 Å². The second kappa shape index (κ2) is 6.88. The molecule has 0 aliphatic carbocycles. The number of nitrogens with zero attached hydrogens (tertiary/aromatic N) is 2. The minimum atomic E-state index is 0.119. The second-order valence-corrected chi connectivity index (χ2v) is 6.58. The highest BCUT2D eigenvalue weighted by Crippen LogP contribution is 2.28. The molecule has 1 aromatic heterocycles. The van der Waals surface area contributed by atoms with Crippen LogP contribution in [-0.4, -0.2) is 28.9 Å². The number of hydrogen-bond acceptors (Lipinski definition) is 3. The van der Waals surface area contributed by atoms with E-state index in [9.17, 15) is 4.79 Å². The Morgan fingerprint density at radius 1 is 1.18 bits per heavy atom. The number of carbonyl (C=O) groups is 1. The van der Waals surface area contributed by atoms with Crippen LogP contribution in [0.5, 0.6) is 0 Å². The molecule has 3 rings (SSSR count). The fourth-order valence-electron chi connectivity index (χ4n) is 2.63. The van der Waals surface area contributed by atoms with E-state index in [0.29, 0.717) is 0 Å². The third-order valence-corrected chi connectivity index (χ3v) is 5.07. The van der Waals surface area contributed by atoms with Gasteiger partial charge in [-0.05, 0) is 32.3 Å². The average molecular weight is 312 g/mol. The van der Waals surface area contributed by atoms with Gasteiger partial charge in [0, 0.05) is 24.7 Å². The zero-order chi connectivity index (χ0) is 15.4. The molecule has 0 spiro atoms. The van der Waals surface area contributed by atoms with Gasteiger partial charge in [0.2, 0.25) is 5.91 Å². The average Bonchev–Trinajstić information content (AvgIpc) is 2.95. The molecule has 4 heteroatoms. The van der Waals surface area contributed by atoms with Crippen LogP contribution in [0, 0.1) is 6.92 Å². The fraction of sp³-hybridized carbons (Fsp3) is 0.333. The molecule has 114 valence electrons. The number of aromatic nitrogens is 1. The normalized spacial score (nSPS) is 15.4. The van der Waals surface area contributed by atoms with Crippen molar-refractivity contribution in [3.05, 3.63) is 47.0 Å². The van der Waals surface area contributed by atoms with Crippen molar-refractivity contribution in [3.63, 3.8) is 0 Å². The number of hydrogen-bond donors (Lipinski definition) is 0. The predicted molar refractivity (Wildman–Crippen MR) is 91.8 cm³/mol. The highest BCUT2D eigenvalue weighted by Gasteiger charge is 2.14. The number of thiazole rings is 1. The first kappa shape index (κ1) is 15.0. The molecular formula is C18H20N2OS. The number of likely N-dealkylation sites (tertiary alicyclic amines) is 1. The summed E-state index contributed by atoms with van der Waals surface area (Å²) >= 11 is 1.63. The molecule has 1 aliphatic heterocycles. The summed E-state index contributed by atoms with van der Waals surface area (Å²) in [5.74, 6) is 0.119. The van der Waals surface area contributed by atoms with Crippen molar-refractivity contribution in [2.75, 3.05) is 13.1 Å². The molecule has 0 N–H and O–H groups in total. The summed E-state index contributed by atoms with van der Waals surface area (Å²) in [5, 5.41) is 1.00. The highest BCUT2D eigenvalue weighted by atomic mass is 32.1. The van der Waals surface area contributed by atoms with E-state index >= 15 is 0 Å². The van der Waals surface area contributed by atoms with Gasteiger partial charge in [0.25, 0.3) is 0 Å². The Kier molecular flexibility index (Phi) is 4.68. The lowest BCUT2D eigenvalue weighted by atomic mass is 10.1. The number of amides is 1. The van der Waals surface area contributed by atoms with Crippen molar-refractivity contribution in [2.24, 2.45) is 0 Å². The SMILES string of the molecule is Cc1nc(-c2ccccc2)sc1/C=C/C(=O)N1CCCCC1.